The van der Waals surface area contributed by atoms with Crippen molar-refractivity contribution in [2.45, 2.75) is 25.7 Å². The molecule has 0 amide bonds. The van der Waals surface area contributed by atoms with Crippen LogP contribution in [0, 0.1) is 6.92 Å². The van der Waals surface area contributed by atoms with Gasteiger partial charge >= 0.3 is 0 Å². The summed E-state index contributed by atoms with van der Waals surface area (Å²) < 4.78 is 10.9. The van der Waals surface area contributed by atoms with Gasteiger partial charge in [-0.15, -0.1) is 0 Å². The second-order valence-electron chi connectivity index (χ2n) is 4.73. The summed E-state index contributed by atoms with van der Waals surface area (Å²) in [6, 6.07) is 6.05. The Bertz CT molecular complexity index is 396. The third kappa shape index (κ3) is 2.51. The third-order valence-corrected chi connectivity index (χ3v) is 3.61. The molecule has 1 N–H and O–H groups in total. The predicted octanol–water partition coefficient (Wildman–Crippen LogP) is 1.34. The number of anilines is 1. The maximum absolute atomic E-state index is 9.12. The first-order valence-electron chi connectivity index (χ1n) is 6.20. The van der Waals surface area contributed by atoms with Gasteiger partial charge in [0.05, 0.1) is 6.61 Å². The maximum Gasteiger partial charge on any atom is 0.102 e. The second-order valence-corrected chi connectivity index (χ2v) is 4.73. The fourth-order valence-corrected chi connectivity index (χ4v) is 2.56. The molecule has 100 valence electrons. The number of ether oxygens (including phenoxy) is 2. The zero-order valence-corrected chi connectivity index (χ0v) is 11.2. The van der Waals surface area contributed by atoms with E-state index in [1.54, 1.807) is 14.2 Å². The number of methoxy groups -OCH3 is 2. The van der Waals surface area contributed by atoms with Crippen LogP contribution in [-0.2, 0) is 16.1 Å². The molecule has 0 spiro atoms. The number of hydrogen-bond donors (Lipinski definition) is 1. The van der Waals surface area contributed by atoms with Gasteiger partial charge in [0, 0.05) is 33.0 Å². The Hall–Kier alpha value is -1.10. The summed E-state index contributed by atoms with van der Waals surface area (Å²) in [5.41, 5.74) is 3.31. The number of rotatable bonds is 4. The van der Waals surface area contributed by atoms with Gasteiger partial charge < -0.3 is 19.5 Å². The van der Waals surface area contributed by atoms with Crippen LogP contribution >= 0.6 is 0 Å². The Balaban J connectivity index is 2.18. The summed E-state index contributed by atoms with van der Waals surface area (Å²) >= 11 is 0. The van der Waals surface area contributed by atoms with Gasteiger partial charge in [0.15, 0.2) is 0 Å². The van der Waals surface area contributed by atoms with E-state index in [1.807, 2.05) is 12.1 Å². The van der Waals surface area contributed by atoms with Crippen molar-refractivity contribution in [1.82, 2.24) is 0 Å². The molecular formula is C14H21NO3. The molecule has 1 aliphatic rings. The third-order valence-electron chi connectivity index (χ3n) is 3.61. The summed E-state index contributed by atoms with van der Waals surface area (Å²) in [6.07, 6.45) is 0.235. The van der Waals surface area contributed by atoms with Crippen LogP contribution in [0.4, 0.5) is 5.69 Å². The molecule has 1 aliphatic heterocycles. The monoisotopic (exact) mass is 251 g/mol. The molecule has 2 rings (SSSR count). The minimum Gasteiger partial charge on any atom is -0.392 e. The van der Waals surface area contributed by atoms with Crippen molar-refractivity contribution < 1.29 is 14.6 Å². The Morgan fingerprint density at radius 1 is 1.22 bits per heavy atom. The van der Waals surface area contributed by atoms with Crippen LogP contribution in [-0.4, -0.2) is 44.6 Å². The largest absolute Gasteiger partial charge is 0.392 e. The second kappa shape index (κ2) is 5.69. The van der Waals surface area contributed by atoms with Crippen LogP contribution in [0.2, 0.25) is 0 Å². The predicted molar refractivity (Wildman–Crippen MR) is 70.9 cm³/mol. The van der Waals surface area contributed by atoms with Gasteiger partial charge in [-0.05, 0) is 24.1 Å². The molecule has 0 bridgehead atoms. The first-order chi connectivity index (χ1) is 8.69. The van der Waals surface area contributed by atoms with Crippen LogP contribution in [0.25, 0.3) is 0 Å². The highest BCUT2D eigenvalue weighted by molar-refractivity contribution is 5.55. The van der Waals surface area contributed by atoms with E-state index in [4.69, 9.17) is 14.6 Å². The van der Waals surface area contributed by atoms with Gasteiger partial charge in [-0.1, -0.05) is 12.1 Å². The Morgan fingerprint density at radius 2 is 1.83 bits per heavy atom. The maximum atomic E-state index is 9.12. The standard InChI is InChI=1S/C14H21NO3/c1-10-6-11(9-16)4-5-12(10)15-7-13(17-2)14(8-15)18-3/h4-6,13-14,16H,7-9H2,1-3H3. The average Bonchev–Trinajstić information content (AvgIpc) is 2.81. The average molecular weight is 251 g/mol. The molecular weight excluding hydrogens is 230 g/mol. The minimum atomic E-state index is 0.0858. The quantitative estimate of drug-likeness (QED) is 0.877. The normalized spacial score (nSPS) is 23.7. The fraction of sp³-hybridized carbons (Fsp3) is 0.571. The Labute approximate surface area is 108 Å². The number of nitrogens with zero attached hydrogens (tertiary/aromatic N) is 1. The van der Waals surface area contributed by atoms with Crippen molar-refractivity contribution in [1.29, 1.82) is 0 Å². The molecule has 1 heterocycles. The van der Waals surface area contributed by atoms with Crippen LogP contribution < -0.4 is 4.90 Å². The van der Waals surface area contributed by atoms with Crippen molar-refractivity contribution in [2.75, 3.05) is 32.2 Å². The van der Waals surface area contributed by atoms with Crippen LogP contribution in [0.15, 0.2) is 18.2 Å². The summed E-state index contributed by atoms with van der Waals surface area (Å²) in [5.74, 6) is 0. The topological polar surface area (TPSA) is 41.9 Å². The number of aliphatic hydroxyl groups is 1. The lowest BCUT2D eigenvalue weighted by Gasteiger charge is -2.21. The molecule has 0 aliphatic carbocycles. The summed E-state index contributed by atoms with van der Waals surface area (Å²) in [7, 11) is 3.45. The van der Waals surface area contributed by atoms with E-state index in [0.29, 0.717) is 0 Å². The molecule has 0 radical (unpaired) electrons. The van der Waals surface area contributed by atoms with Crippen molar-refractivity contribution in [3.8, 4) is 0 Å². The van der Waals surface area contributed by atoms with Crippen molar-refractivity contribution >= 4 is 5.69 Å². The van der Waals surface area contributed by atoms with Gasteiger partial charge in [0.25, 0.3) is 0 Å². The van der Waals surface area contributed by atoms with Crippen molar-refractivity contribution in [3.05, 3.63) is 29.3 Å². The molecule has 2 atom stereocenters. The number of hydrogen-bond acceptors (Lipinski definition) is 4. The van der Waals surface area contributed by atoms with Crippen LogP contribution in [0.3, 0.4) is 0 Å². The molecule has 0 saturated carbocycles. The smallest absolute Gasteiger partial charge is 0.102 e. The molecule has 1 fully saturated rings. The van der Waals surface area contributed by atoms with Gasteiger partial charge in [0.2, 0.25) is 0 Å². The highest BCUT2D eigenvalue weighted by Gasteiger charge is 2.33. The van der Waals surface area contributed by atoms with Gasteiger partial charge in [-0.2, -0.15) is 0 Å². The van der Waals surface area contributed by atoms with Crippen molar-refractivity contribution in [3.63, 3.8) is 0 Å². The first kappa shape index (κ1) is 13.3. The van der Waals surface area contributed by atoms with Gasteiger partial charge in [-0.3, -0.25) is 0 Å². The van der Waals surface area contributed by atoms with Gasteiger partial charge in [0.1, 0.15) is 12.2 Å². The molecule has 4 heteroatoms. The summed E-state index contributed by atoms with van der Waals surface area (Å²) in [4.78, 5) is 2.28. The lowest BCUT2D eigenvalue weighted by atomic mass is 10.1. The highest BCUT2D eigenvalue weighted by Crippen LogP contribution is 2.27. The van der Waals surface area contributed by atoms with E-state index < -0.39 is 0 Å². The molecule has 18 heavy (non-hydrogen) atoms. The Kier molecular flexibility index (Phi) is 4.22. The number of benzene rings is 1. The molecule has 1 aromatic rings. The van der Waals surface area contributed by atoms with E-state index in [0.717, 1.165) is 18.7 Å². The summed E-state index contributed by atoms with van der Waals surface area (Å²) in [5, 5.41) is 9.12. The zero-order chi connectivity index (χ0) is 13.1. The fourth-order valence-electron chi connectivity index (χ4n) is 2.56. The lowest BCUT2D eigenvalue weighted by Crippen LogP contribution is -2.27. The van der Waals surface area contributed by atoms with Gasteiger partial charge in [-0.25, -0.2) is 0 Å². The molecule has 1 aromatic carbocycles. The summed E-state index contributed by atoms with van der Waals surface area (Å²) in [6.45, 7) is 3.83. The zero-order valence-electron chi connectivity index (χ0n) is 11.2. The number of aliphatic hydroxyl groups excluding tert-OH is 1. The van der Waals surface area contributed by atoms with Crippen LogP contribution in [0.5, 0.6) is 0 Å². The van der Waals surface area contributed by atoms with E-state index in [9.17, 15) is 0 Å². The van der Waals surface area contributed by atoms with E-state index in [2.05, 4.69) is 17.9 Å². The SMILES string of the molecule is COC1CN(c2ccc(CO)cc2C)CC1OC. The molecule has 4 nitrogen and oxygen atoms in total. The number of aryl methyl sites for hydroxylation is 1. The first-order valence-corrected chi connectivity index (χ1v) is 6.20. The minimum absolute atomic E-state index is 0.0858. The molecule has 0 aromatic heterocycles. The van der Waals surface area contributed by atoms with E-state index in [1.165, 1.54) is 11.3 Å². The van der Waals surface area contributed by atoms with Crippen molar-refractivity contribution in [2.24, 2.45) is 0 Å². The molecule has 1 saturated heterocycles. The molecule has 2 unspecified atom stereocenters. The van der Waals surface area contributed by atoms with Crippen LogP contribution in [0.1, 0.15) is 11.1 Å². The van der Waals surface area contributed by atoms with E-state index >= 15 is 0 Å². The Morgan fingerprint density at radius 3 is 2.28 bits per heavy atom. The van der Waals surface area contributed by atoms with E-state index in [-0.39, 0.29) is 18.8 Å². The lowest BCUT2D eigenvalue weighted by molar-refractivity contribution is -0.00461. The highest BCUT2D eigenvalue weighted by atomic mass is 16.5.